The molecule has 0 aliphatic rings. The van der Waals surface area contributed by atoms with E-state index in [9.17, 15) is 13.6 Å². The minimum absolute atomic E-state index is 0.0253. The quantitative estimate of drug-likeness (QED) is 0.562. The third-order valence-electron chi connectivity index (χ3n) is 5.00. The molecule has 8 heteroatoms. The molecule has 5 nitrogen and oxygen atoms in total. The number of carbonyl (C=O) groups is 1. The van der Waals surface area contributed by atoms with E-state index in [1.807, 2.05) is 19.9 Å². The predicted octanol–water partition coefficient (Wildman–Crippen LogP) is 4.91. The second-order valence-corrected chi connectivity index (χ2v) is 7.99. The topological polar surface area (TPSA) is 67.8 Å². The molecule has 1 atom stereocenters. The van der Waals surface area contributed by atoms with E-state index in [0.717, 1.165) is 12.1 Å². The number of hydrogen-bond acceptors (Lipinski definition) is 4. The summed E-state index contributed by atoms with van der Waals surface area (Å²) in [5.74, 6) is -1.66. The van der Waals surface area contributed by atoms with Crippen LogP contribution < -0.4 is 5.32 Å². The molecule has 1 amide bonds. The lowest BCUT2D eigenvalue weighted by atomic mass is 9.90. The number of amides is 1. The summed E-state index contributed by atoms with van der Waals surface area (Å²) in [7, 11) is 0. The maximum Gasteiger partial charge on any atom is 0.224 e. The third kappa shape index (κ3) is 5.61. The number of nitrogens with zero attached hydrogens (tertiary/aromatic N) is 3. The van der Waals surface area contributed by atoms with Crippen LogP contribution in [0.2, 0.25) is 5.02 Å². The van der Waals surface area contributed by atoms with Crippen LogP contribution in [0.4, 0.5) is 8.78 Å². The van der Waals surface area contributed by atoms with Crippen molar-refractivity contribution in [3.8, 4) is 11.5 Å². The summed E-state index contributed by atoms with van der Waals surface area (Å²) in [6.07, 6.45) is 1.94. The van der Waals surface area contributed by atoms with E-state index < -0.39 is 17.6 Å². The van der Waals surface area contributed by atoms with Crippen molar-refractivity contribution in [2.24, 2.45) is 11.8 Å². The molecule has 0 spiro atoms. The molecule has 2 heterocycles. The maximum atomic E-state index is 13.9. The first-order valence-electron chi connectivity index (χ1n) is 9.92. The van der Waals surface area contributed by atoms with Gasteiger partial charge in [0.05, 0.1) is 16.4 Å². The summed E-state index contributed by atoms with van der Waals surface area (Å²) in [5.41, 5.74) is 1.98. The fraction of sp³-hybridized carbons (Fsp3) is 0.304. The fourth-order valence-electron chi connectivity index (χ4n) is 3.18. The highest BCUT2D eigenvalue weighted by Gasteiger charge is 2.25. The molecule has 0 bridgehead atoms. The molecule has 0 radical (unpaired) electrons. The van der Waals surface area contributed by atoms with Crippen LogP contribution in [0, 0.1) is 30.4 Å². The molecule has 0 saturated heterocycles. The highest BCUT2D eigenvalue weighted by molar-refractivity contribution is 6.31. The Labute approximate surface area is 184 Å². The number of halogens is 3. The molecule has 2 aromatic heterocycles. The van der Waals surface area contributed by atoms with Crippen LogP contribution >= 0.6 is 11.6 Å². The minimum atomic E-state index is -0.698. The Hall–Kier alpha value is -2.93. The van der Waals surface area contributed by atoms with E-state index in [1.165, 1.54) is 6.07 Å². The van der Waals surface area contributed by atoms with Gasteiger partial charge in [-0.3, -0.25) is 9.78 Å². The predicted molar refractivity (Wildman–Crippen MR) is 115 cm³/mol. The number of carbonyl (C=O) groups excluding carboxylic acids is 1. The Morgan fingerprint density at radius 1 is 1.16 bits per heavy atom. The Balaban J connectivity index is 1.80. The second-order valence-electron chi connectivity index (χ2n) is 7.62. The van der Waals surface area contributed by atoms with Crippen molar-refractivity contribution < 1.29 is 13.6 Å². The van der Waals surface area contributed by atoms with E-state index in [0.29, 0.717) is 27.9 Å². The lowest BCUT2D eigenvalue weighted by Crippen LogP contribution is -2.35. The Kier molecular flexibility index (Phi) is 7.28. The summed E-state index contributed by atoms with van der Waals surface area (Å²) in [6.45, 7) is 5.58. The summed E-state index contributed by atoms with van der Waals surface area (Å²) in [5, 5.41) is 3.15. The molecule has 1 unspecified atom stereocenters. The number of benzene rings is 1. The molecule has 0 saturated carbocycles. The van der Waals surface area contributed by atoms with Crippen LogP contribution in [0.1, 0.15) is 30.8 Å². The van der Waals surface area contributed by atoms with Gasteiger partial charge in [0.15, 0.2) is 5.82 Å². The van der Waals surface area contributed by atoms with E-state index in [4.69, 9.17) is 11.6 Å². The van der Waals surface area contributed by atoms with E-state index in [-0.39, 0.29) is 30.4 Å². The van der Waals surface area contributed by atoms with Crippen molar-refractivity contribution in [2.75, 3.05) is 0 Å². The van der Waals surface area contributed by atoms with Crippen LogP contribution in [0.15, 0.2) is 42.6 Å². The van der Waals surface area contributed by atoms with E-state index in [2.05, 4.69) is 20.3 Å². The van der Waals surface area contributed by atoms with Crippen molar-refractivity contribution in [2.45, 2.75) is 33.7 Å². The first-order valence-corrected chi connectivity index (χ1v) is 10.3. The van der Waals surface area contributed by atoms with Crippen molar-refractivity contribution >= 4 is 17.5 Å². The second kappa shape index (κ2) is 9.92. The number of rotatable bonds is 7. The van der Waals surface area contributed by atoms with E-state index in [1.54, 1.807) is 25.3 Å². The molecular weight excluding hydrogens is 422 g/mol. The van der Waals surface area contributed by atoms with Crippen LogP contribution in [0.3, 0.4) is 0 Å². The Morgan fingerprint density at radius 2 is 1.94 bits per heavy atom. The van der Waals surface area contributed by atoms with Gasteiger partial charge in [0.2, 0.25) is 5.91 Å². The number of pyridine rings is 1. The first-order chi connectivity index (χ1) is 14.8. The monoisotopic (exact) mass is 444 g/mol. The zero-order valence-corrected chi connectivity index (χ0v) is 18.3. The van der Waals surface area contributed by atoms with Crippen LogP contribution in [-0.4, -0.2) is 20.9 Å². The largest absolute Gasteiger partial charge is 0.352 e. The fourth-order valence-corrected chi connectivity index (χ4v) is 3.34. The smallest absolute Gasteiger partial charge is 0.224 e. The molecular formula is C23H23ClF2N4O. The molecule has 1 aromatic carbocycles. The summed E-state index contributed by atoms with van der Waals surface area (Å²) in [6, 6.07) is 8.72. The zero-order chi connectivity index (χ0) is 22.5. The van der Waals surface area contributed by atoms with Gasteiger partial charge in [0.1, 0.15) is 17.3 Å². The minimum Gasteiger partial charge on any atom is -0.352 e. The standard InChI is InChI=1S/C23H23ClF2N4O/c1-13(2)17(23(31)28-12-15-7-8-16(25)10-18(15)26)11-20-21(24)14(3)29-22(30-20)19-6-4-5-9-27-19/h4-10,13,17H,11-12H2,1-3H3,(H,28,31). The average Bonchev–Trinajstić information content (AvgIpc) is 2.74. The third-order valence-corrected chi connectivity index (χ3v) is 5.49. The molecule has 1 N–H and O–H groups in total. The average molecular weight is 445 g/mol. The maximum absolute atomic E-state index is 13.9. The number of aryl methyl sites for hydroxylation is 1. The van der Waals surface area contributed by atoms with Gasteiger partial charge in [-0.05, 0) is 31.0 Å². The first kappa shape index (κ1) is 22.7. The Morgan fingerprint density at radius 3 is 2.58 bits per heavy atom. The molecule has 0 aliphatic carbocycles. The van der Waals surface area contributed by atoms with Gasteiger partial charge >= 0.3 is 0 Å². The normalized spacial score (nSPS) is 12.1. The van der Waals surface area contributed by atoms with Crippen LogP contribution in [0.5, 0.6) is 0 Å². The van der Waals surface area contributed by atoms with Gasteiger partial charge in [0, 0.05) is 36.7 Å². The SMILES string of the molecule is Cc1nc(-c2ccccn2)nc(CC(C(=O)NCc2ccc(F)cc2F)C(C)C)c1Cl. The van der Waals surface area contributed by atoms with Crippen molar-refractivity contribution in [3.05, 3.63) is 76.2 Å². The Bertz CT molecular complexity index is 1080. The van der Waals surface area contributed by atoms with Gasteiger partial charge in [-0.25, -0.2) is 18.7 Å². The van der Waals surface area contributed by atoms with Crippen molar-refractivity contribution in [1.29, 1.82) is 0 Å². The summed E-state index contributed by atoms with van der Waals surface area (Å²) in [4.78, 5) is 26.1. The lowest BCUT2D eigenvalue weighted by molar-refractivity contribution is -0.126. The summed E-state index contributed by atoms with van der Waals surface area (Å²) >= 11 is 6.45. The molecule has 162 valence electrons. The zero-order valence-electron chi connectivity index (χ0n) is 17.5. The highest BCUT2D eigenvalue weighted by Crippen LogP contribution is 2.26. The number of nitrogens with one attached hydrogen (secondary N) is 1. The molecule has 0 aliphatic heterocycles. The number of aromatic nitrogens is 3. The van der Waals surface area contributed by atoms with Crippen LogP contribution in [0.25, 0.3) is 11.5 Å². The highest BCUT2D eigenvalue weighted by atomic mass is 35.5. The van der Waals surface area contributed by atoms with Gasteiger partial charge in [0.25, 0.3) is 0 Å². The van der Waals surface area contributed by atoms with Crippen LogP contribution in [-0.2, 0) is 17.8 Å². The van der Waals surface area contributed by atoms with E-state index >= 15 is 0 Å². The molecule has 0 fully saturated rings. The van der Waals surface area contributed by atoms with Gasteiger partial charge in [-0.15, -0.1) is 0 Å². The van der Waals surface area contributed by atoms with Gasteiger partial charge in [-0.1, -0.05) is 37.6 Å². The lowest BCUT2D eigenvalue weighted by Gasteiger charge is -2.21. The molecule has 3 rings (SSSR count). The van der Waals surface area contributed by atoms with Crippen molar-refractivity contribution in [3.63, 3.8) is 0 Å². The molecule has 3 aromatic rings. The van der Waals surface area contributed by atoms with Gasteiger partial charge < -0.3 is 5.32 Å². The van der Waals surface area contributed by atoms with Gasteiger partial charge in [-0.2, -0.15) is 0 Å². The summed E-state index contributed by atoms with van der Waals surface area (Å²) < 4.78 is 27.0. The molecule has 31 heavy (non-hydrogen) atoms. The van der Waals surface area contributed by atoms with Crippen molar-refractivity contribution in [1.82, 2.24) is 20.3 Å². The number of hydrogen-bond donors (Lipinski definition) is 1.